The minimum Gasteiger partial charge on any atom is -0.496 e. The van der Waals surface area contributed by atoms with Gasteiger partial charge in [-0.3, -0.25) is 9.59 Å². The number of nitrogens with one attached hydrogen (secondary N) is 2. The third-order valence-electron chi connectivity index (χ3n) is 4.04. The molecular weight excluding hydrogens is 358 g/mol. The van der Waals surface area contributed by atoms with Crippen molar-refractivity contribution in [3.05, 3.63) is 72.0 Å². The summed E-state index contributed by atoms with van der Waals surface area (Å²) in [5.74, 6) is 0.713. The molecule has 7 heteroatoms. The Hall–Kier alpha value is -3.58. The van der Waals surface area contributed by atoms with Crippen molar-refractivity contribution >= 4 is 17.5 Å². The molecule has 7 nitrogen and oxygen atoms in total. The van der Waals surface area contributed by atoms with Gasteiger partial charge >= 0.3 is 0 Å². The van der Waals surface area contributed by atoms with Crippen LogP contribution in [0.5, 0.6) is 5.75 Å². The zero-order chi connectivity index (χ0) is 19.9. The number of para-hydroxylation sites is 1. The van der Waals surface area contributed by atoms with Crippen molar-refractivity contribution in [3.8, 4) is 17.1 Å². The van der Waals surface area contributed by atoms with Crippen LogP contribution in [0.2, 0.25) is 0 Å². The molecule has 0 aliphatic carbocycles. The van der Waals surface area contributed by atoms with Gasteiger partial charge in [0.2, 0.25) is 0 Å². The molecule has 4 N–H and O–H groups in total. The molecule has 0 atom stereocenters. The summed E-state index contributed by atoms with van der Waals surface area (Å²) >= 11 is 0. The van der Waals surface area contributed by atoms with E-state index >= 15 is 0 Å². The maximum Gasteiger partial charge on any atom is 0.287 e. The number of rotatable bonds is 7. The minimum atomic E-state index is -0.308. The highest BCUT2D eigenvalue weighted by molar-refractivity contribution is 6.06. The van der Waals surface area contributed by atoms with Gasteiger partial charge in [0.05, 0.1) is 12.7 Å². The first-order valence-corrected chi connectivity index (χ1v) is 8.75. The molecule has 1 heterocycles. The Labute approximate surface area is 162 Å². The average Bonchev–Trinajstić information content (AvgIpc) is 3.23. The van der Waals surface area contributed by atoms with Crippen molar-refractivity contribution in [2.45, 2.75) is 0 Å². The third kappa shape index (κ3) is 4.39. The molecule has 0 unspecified atom stereocenters. The van der Waals surface area contributed by atoms with Gasteiger partial charge in [-0.25, -0.2) is 0 Å². The summed E-state index contributed by atoms with van der Waals surface area (Å²) in [6.07, 6.45) is 0. The van der Waals surface area contributed by atoms with Crippen LogP contribution in [0.4, 0.5) is 5.69 Å². The van der Waals surface area contributed by atoms with Gasteiger partial charge in [-0.2, -0.15) is 0 Å². The molecule has 0 saturated carbocycles. The van der Waals surface area contributed by atoms with Crippen LogP contribution >= 0.6 is 0 Å². The Bertz CT molecular complexity index is 964. The molecule has 0 radical (unpaired) electrons. The van der Waals surface area contributed by atoms with E-state index < -0.39 is 0 Å². The molecule has 0 fully saturated rings. The van der Waals surface area contributed by atoms with Crippen LogP contribution < -0.4 is 21.1 Å². The van der Waals surface area contributed by atoms with Crippen LogP contribution in [0, 0.1) is 0 Å². The van der Waals surface area contributed by atoms with Crippen LogP contribution in [0.3, 0.4) is 0 Å². The van der Waals surface area contributed by atoms with E-state index in [1.807, 2.05) is 0 Å². The maximum atomic E-state index is 12.5. The van der Waals surface area contributed by atoms with Gasteiger partial charge in [-0.1, -0.05) is 12.1 Å². The van der Waals surface area contributed by atoms with E-state index in [1.165, 1.54) is 7.11 Å². The Kier molecular flexibility index (Phi) is 6.08. The molecule has 3 rings (SSSR count). The quantitative estimate of drug-likeness (QED) is 0.585. The Morgan fingerprint density at radius 2 is 1.75 bits per heavy atom. The Morgan fingerprint density at radius 3 is 2.46 bits per heavy atom. The molecule has 28 heavy (non-hydrogen) atoms. The summed E-state index contributed by atoms with van der Waals surface area (Å²) < 4.78 is 10.8. The number of benzene rings is 2. The van der Waals surface area contributed by atoms with Crippen LogP contribution in [0.15, 0.2) is 65.1 Å². The highest BCUT2D eigenvalue weighted by Gasteiger charge is 2.13. The zero-order valence-corrected chi connectivity index (χ0v) is 15.4. The van der Waals surface area contributed by atoms with Crippen LogP contribution in [-0.4, -0.2) is 32.0 Å². The van der Waals surface area contributed by atoms with Crippen molar-refractivity contribution in [3.63, 3.8) is 0 Å². The predicted octanol–water partition coefficient (Wildman–Crippen LogP) is 2.90. The molecule has 0 spiro atoms. The first-order valence-electron chi connectivity index (χ1n) is 8.75. The van der Waals surface area contributed by atoms with Crippen molar-refractivity contribution in [1.82, 2.24) is 5.32 Å². The number of hydrogen-bond donors (Lipinski definition) is 3. The third-order valence-corrected chi connectivity index (χ3v) is 4.04. The number of carbonyl (C=O) groups is 2. The molecule has 0 bridgehead atoms. The summed E-state index contributed by atoms with van der Waals surface area (Å²) in [5.41, 5.74) is 7.24. The molecular formula is C21H21N3O4. The second kappa shape index (κ2) is 8.88. The standard InChI is InChI=1S/C21H21N3O4/c1-27-18-5-3-2-4-16(18)20(25)24-15-8-6-14(7-9-15)17-10-11-19(28-17)21(26)23-13-12-22/h2-11H,12-13,22H2,1H3,(H,23,26)(H,24,25). The van der Waals surface area contributed by atoms with E-state index in [0.29, 0.717) is 35.9 Å². The van der Waals surface area contributed by atoms with Crippen molar-refractivity contribution in [2.75, 3.05) is 25.5 Å². The van der Waals surface area contributed by atoms with Gasteiger partial charge in [0.15, 0.2) is 5.76 Å². The largest absolute Gasteiger partial charge is 0.496 e. The Morgan fingerprint density at radius 1 is 1.00 bits per heavy atom. The van der Waals surface area contributed by atoms with Gasteiger partial charge in [0, 0.05) is 24.3 Å². The SMILES string of the molecule is COc1ccccc1C(=O)Nc1ccc(-c2ccc(C(=O)NCCN)o2)cc1. The van der Waals surface area contributed by atoms with E-state index in [2.05, 4.69) is 10.6 Å². The number of nitrogens with two attached hydrogens (primary N) is 1. The van der Waals surface area contributed by atoms with Crippen LogP contribution in [0.25, 0.3) is 11.3 Å². The van der Waals surface area contributed by atoms with Gasteiger partial charge in [0.1, 0.15) is 11.5 Å². The maximum absolute atomic E-state index is 12.5. The average molecular weight is 379 g/mol. The normalized spacial score (nSPS) is 10.4. The number of furan rings is 1. The van der Waals surface area contributed by atoms with E-state index in [1.54, 1.807) is 60.7 Å². The Balaban J connectivity index is 1.69. The van der Waals surface area contributed by atoms with Gasteiger partial charge in [0.25, 0.3) is 11.8 Å². The highest BCUT2D eigenvalue weighted by atomic mass is 16.5. The number of amides is 2. The fourth-order valence-corrected chi connectivity index (χ4v) is 2.64. The van der Waals surface area contributed by atoms with E-state index in [9.17, 15) is 9.59 Å². The summed E-state index contributed by atoms with van der Waals surface area (Å²) in [6, 6.07) is 17.5. The van der Waals surface area contributed by atoms with Gasteiger partial charge < -0.3 is 25.5 Å². The summed E-state index contributed by atoms with van der Waals surface area (Å²) in [5, 5.41) is 5.49. The number of anilines is 1. The molecule has 1 aromatic heterocycles. The number of ether oxygens (including phenoxy) is 1. The van der Waals surface area contributed by atoms with Crippen LogP contribution in [-0.2, 0) is 0 Å². The van der Waals surface area contributed by atoms with Crippen LogP contribution in [0.1, 0.15) is 20.9 Å². The number of hydrogen-bond acceptors (Lipinski definition) is 5. The summed E-state index contributed by atoms with van der Waals surface area (Å²) in [4.78, 5) is 24.3. The molecule has 2 aromatic carbocycles. The lowest BCUT2D eigenvalue weighted by atomic mass is 10.1. The predicted molar refractivity (Wildman–Crippen MR) is 106 cm³/mol. The first-order chi connectivity index (χ1) is 13.6. The lowest BCUT2D eigenvalue weighted by Crippen LogP contribution is -2.28. The molecule has 144 valence electrons. The number of carbonyl (C=O) groups excluding carboxylic acids is 2. The molecule has 0 aliphatic rings. The minimum absolute atomic E-state index is 0.219. The lowest BCUT2D eigenvalue weighted by Gasteiger charge is -2.09. The topological polar surface area (TPSA) is 107 Å². The van der Waals surface area contributed by atoms with E-state index in [0.717, 1.165) is 5.56 Å². The van der Waals surface area contributed by atoms with Gasteiger partial charge in [-0.15, -0.1) is 0 Å². The highest BCUT2D eigenvalue weighted by Crippen LogP contribution is 2.25. The lowest BCUT2D eigenvalue weighted by molar-refractivity contribution is 0.0927. The van der Waals surface area contributed by atoms with Crippen molar-refractivity contribution in [2.24, 2.45) is 5.73 Å². The second-order valence-electron chi connectivity index (χ2n) is 5.94. The smallest absolute Gasteiger partial charge is 0.287 e. The zero-order valence-electron chi connectivity index (χ0n) is 15.4. The summed E-state index contributed by atoms with van der Waals surface area (Å²) in [7, 11) is 1.52. The number of methoxy groups -OCH3 is 1. The van der Waals surface area contributed by atoms with Crippen molar-refractivity contribution < 1.29 is 18.7 Å². The molecule has 0 saturated heterocycles. The monoisotopic (exact) mass is 379 g/mol. The molecule has 2 amide bonds. The first kappa shape index (κ1) is 19.2. The van der Waals surface area contributed by atoms with Gasteiger partial charge in [-0.05, 0) is 48.5 Å². The summed E-state index contributed by atoms with van der Waals surface area (Å²) in [6.45, 7) is 0.747. The fraction of sp³-hybridized carbons (Fsp3) is 0.143. The van der Waals surface area contributed by atoms with E-state index in [-0.39, 0.29) is 17.6 Å². The van der Waals surface area contributed by atoms with Crippen molar-refractivity contribution in [1.29, 1.82) is 0 Å². The fourth-order valence-electron chi connectivity index (χ4n) is 2.64. The second-order valence-corrected chi connectivity index (χ2v) is 5.94. The molecule has 0 aliphatic heterocycles. The van der Waals surface area contributed by atoms with E-state index in [4.69, 9.17) is 14.9 Å². The molecule has 3 aromatic rings.